The predicted octanol–water partition coefficient (Wildman–Crippen LogP) is 3.86. The van der Waals surface area contributed by atoms with E-state index in [4.69, 9.17) is 4.42 Å². The van der Waals surface area contributed by atoms with Crippen LogP contribution in [0.15, 0.2) is 22.6 Å². The average Bonchev–Trinajstić information content (AvgIpc) is 2.81. The number of furan rings is 1. The van der Waals surface area contributed by atoms with Gasteiger partial charge < -0.3 is 9.32 Å². The van der Waals surface area contributed by atoms with E-state index in [1.54, 1.807) is 0 Å². The summed E-state index contributed by atoms with van der Waals surface area (Å²) < 4.78 is 6.14. The van der Waals surface area contributed by atoms with Crippen LogP contribution in [0.25, 0.3) is 11.0 Å². The third-order valence-electron chi connectivity index (χ3n) is 4.24. The number of likely N-dealkylation sites (tertiary alicyclic amines) is 1. The lowest BCUT2D eigenvalue weighted by atomic mass is 9.94. The van der Waals surface area contributed by atoms with Crippen molar-refractivity contribution in [2.24, 2.45) is 0 Å². The summed E-state index contributed by atoms with van der Waals surface area (Å²) in [6, 6.07) is 6.61. The standard InChI is InChI=1S/C16H21NO/c1-11-4-5-12(2)16-14(11)10-15(18-16)13-6-8-17(3)9-7-13/h4-5,10,13H,6-9H2,1-3H3. The first-order valence-corrected chi connectivity index (χ1v) is 6.83. The predicted molar refractivity (Wildman–Crippen MR) is 75.2 cm³/mol. The molecule has 3 rings (SSSR count). The van der Waals surface area contributed by atoms with Crippen LogP contribution < -0.4 is 0 Å². The van der Waals surface area contributed by atoms with Crippen LogP contribution in [-0.2, 0) is 0 Å². The molecule has 0 bridgehead atoms. The van der Waals surface area contributed by atoms with Crippen molar-refractivity contribution in [2.45, 2.75) is 32.6 Å². The Labute approximate surface area is 109 Å². The molecule has 0 atom stereocenters. The van der Waals surface area contributed by atoms with Gasteiger partial charge in [0.05, 0.1) is 0 Å². The lowest BCUT2D eigenvalue weighted by Gasteiger charge is -2.27. The summed E-state index contributed by atoms with van der Waals surface area (Å²) in [7, 11) is 2.20. The van der Waals surface area contributed by atoms with Crippen molar-refractivity contribution in [1.29, 1.82) is 0 Å². The molecular formula is C16H21NO. The van der Waals surface area contributed by atoms with Crippen LogP contribution in [0, 0.1) is 13.8 Å². The summed E-state index contributed by atoms with van der Waals surface area (Å²) in [4.78, 5) is 2.40. The van der Waals surface area contributed by atoms with Crippen LogP contribution in [0.2, 0.25) is 0 Å². The Morgan fingerprint density at radius 3 is 2.44 bits per heavy atom. The highest BCUT2D eigenvalue weighted by Gasteiger charge is 2.22. The van der Waals surface area contributed by atoms with Gasteiger partial charge in [-0.15, -0.1) is 0 Å². The molecule has 0 N–H and O–H groups in total. The van der Waals surface area contributed by atoms with Crippen molar-refractivity contribution in [3.8, 4) is 0 Å². The zero-order chi connectivity index (χ0) is 12.7. The topological polar surface area (TPSA) is 16.4 Å². The molecule has 2 heteroatoms. The van der Waals surface area contributed by atoms with Gasteiger partial charge in [-0.25, -0.2) is 0 Å². The number of piperidine rings is 1. The molecule has 1 aromatic carbocycles. The Kier molecular flexibility index (Phi) is 2.90. The zero-order valence-corrected chi connectivity index (χ0v) is 11.5. The van der Waals surface area contributed by atoms with E-state index in [9.17, 15) is 0 Å². The third kappa shape index (κ3) is 1.95. The van der Waals surface area contributed by atoms with Crippen LogP contribution in [-0.4, -0.2) is 25.0 Å². The molecule has 0 saturated carbocycles. The summed E-state index contributed by atoms with van der Waals surface area (Å²) in [5.41, 5.74) is 3.65. The summed E-state index contributed by atoms with van der Waals surface area (Å²) in [6.45, 7) is 6.65. The average molecular weight is 243 g/mol. The minimum atomic E-state index is 0.604. The van der Waals surface area contributed by atoms with Gasteiger partial charge in [-0.1, -0.05) is 12.1 Å². The van der Waals surface area contributed by atoms with E-state index in [1.807, 2.05) is 0 Å². The number of aryl methyl sites for hydroxylation is 2. The fourth-order valence-corrected chi connectivity index (χ4v) is 2.91. The zero-order valence-electron chi connectivity index (χ0n) is 11.5. The Bertz CT molecular complexity index is 523. The maximum absolute atomic E-state index is 6.14. The largest absolute Gasteiger partial charge is 0.460 e. The van der Waals surface area contributed by atoms with Crippen molar-refractivity contribution in [3.63, 3.8) is 0 Å². The number of rotatable bonds is 1. The molecule has 1 aromatic heterocycles. The summed E-state index contributed by atoms with van der Waals surface area (Å²) in [5, 5.41) is 1.30. The molecule has 18 heavy (non-hydrogen) atoms. The van der Waals surface area contributed by atoms with E-state index in [-0.39, 0.29) is 0 Å². The number of benzene rings is 1. The normalized spacial score (nSPS) is 18.6. The van der Waals surface area contributed by atoms with E-state index in [1.165, 1.54) is 48.2 Å². The van der Waals surface area contributed by atoms with E-state index in [2.05, 4.69) is 44.0 Å². The van der Waals surface area contributed by atoms with Crippen molar-refractivity contribution in [2.75, 3.05) is 20.1 Å². The maximum atomic E-state index is 6.14. The SMILES string of the molecule is Cc1ccc(C)c2oc(C3CCN(C)CC3)cc12. The Hall–Kier alpha value is -1.28. The summed E-state index contributed by atoms with van der Waals surface area (Å²) in [5.74, 6) is 1.79. The van der Waals surface area contributed by atoms with Crippen LogP contribution in [0.1, 0.15) is 35.6 Å². The van der Waals surface area contributed by atoms with E-state index in [0.717, 1.165) is 5.58 Å². The van der Waals surface area contributed by atoms with E-state index >= 15 is 0 Å². The number of hydrogen-bond acceptors (Lipinski definition) is 2. The van der Waals surface area contributed by atoms with Gasteiger partial charge in [-0.3, -0.25) is 0 Å². The Morgan fingerprint density at radius 1 is 1.11 bits per heavy atom. The molecule has 2 heterocycles. The van der Waals surface area contributed by atoms with Gasteiger partial charge in [-0.2, -0.15) is 0 Å². The second-order valence-electron chi connectivity index (χ2n) is 5.67. The number of hydrogen-bond donors (Lipinski definition) is 0. The molecule has 2 nitrogen and oxygen atoms in total. The van der Waals surface area contributed by atoms with Crippen LogP contribution in [0.3, 0.4) is 0 Å². The van der Waals surface area contributed by atoms with Gasteiger partial charge in [0.15, 0.2) is 0 Å². The first kappa shape index (κ1) is 11.8. The first-order valence-electron chi connectivity index (χ1n) is 6.83. The molecular weight excluding hydrogens is 222 g/mol. The summed E-state index contributed by atoms with van der Waals surface area (Å²) in [6.07, 6.45) is 2.43. The van der Waals surface area contributed by atoms with E-state index < -0.39 is 0 Å². The molecule has 0 radical (unpaired) electrons. The Balaban J connectivity index is 1.98. The second kappa shape index (κ2) is 4.43. The van der Waals surface area contributed by atoms with Crippen LogP contribution in [0.5, 0.6) is 0 Å². The van der Waals surface area contributed by atoms with Crippen molar-refractivity contribution < 1.29 is 4.42 Å². The molecule has 96 valence electrons. The molecule has 0 spiro atoms. The second-order valence-corrected chi connectivity index (χ2v) is 5.67. The Morgan fingerprint density at radius 2 is 1.78 bits per heavy atom. The highest BCUT2D eigenvalue weighted by Crippen LogP contribution is 2.34. The fraction of sp³-hybridized carbons (Fsp3) is 0.500. The first-order chi connectivity index (χ1) is 8.65. The van der Waals surface area contributed by atoms with Gasteiger partial charge in [0, 0.05) is 11.3 Å². The molecule has 1 fully saturated rings. The molecule has 2 aromatic rings. The molecule has 0 aliphatic carbocycles. The smallest absolute Gasteiger partial charge is 0.137 e. The number of nitrogens with zero attached hydrogens (tertiary/aromatic N) is 1. The van der Waals surface area contributed by atoms with Crippen molar-refractivity contribution >= 4 is 11.0 Å². The van der Waals surface area contributed by atoms with Gasteiger partial charge in [0.1, 0.15) is 11.3 Å². The van der Waals surface area contributed by atoms with Crippen molar-refractivity contribution in [1.82, 2.24) is 4.90 Å². The van der Waals surface area contributed by atoms with Gasteiger partial charge in [0.25, 0.3) is 0 Å². The third-order valence-corrected chi connectivity index (χ3v) is 4.24. The van der Waals surface area contributed by atoms with Crippen LogP contribution >= 0.6 is 0 Å². The molecule has 0 unspecified atom stereocenters. The quantitative estimate of drug-likeness (QED) is 0.756. The summed E-state index contributed by atoms with van der Waals surface area (Å²) >= 11 is 0. The molecule has 0 amide bonds. The fourth-order valence-electron chi connectivity index (χ4n) is 2.91. The van der Waals surface area contributed by atoms with E-state index in [0.29, 0.717) is 5.92 Å². The monoisotopic (exact) mass is 243 g/mol. The lowest BCUT2D eigenvalue weighted by molar-refractivity contribution is 0.242. The maximum Gasteiger partial charge on any atom is 0.137 e. The highest BCUT2D eigenvalue weighted by atomic mass is 16.3. The highest BCUT2D eigenvalue weighted by molar-refractivity contribution is 5.84. The van der Waals surface area contributed by atoms with Gasteiger partial charge in [0.2, 0.25) is 0 Å². The van der Waals surface area contributed by atoms with Gasteiger partial charge in [-0.05, 0) is 64.0 Å². The van der Waals surface area contributed by atoms with Gasteiger partial charge >= 0.3 is 0 Å². The molecule has 1 aliphatic rings. The van der Waals surface area contributed by atoms with Crippen molar-refractivity contribution in [3.05, 3.63) is 35.1 Å². The minimum Gasteiger partial charge on any atom is -0.460 e. The number of fused-ring (bicyclic) bond motifs is 1. The molecule has 1 saturated heterocycles. The molecule has 1 aliphatic heterocycles. The minimum absolute atomic E-state index is 0.604. The lowest BCUT2D eigenvalue weighted by Crippen LogP contribution is -2.29. The van der Waals surface area contributed by atoms with Crippen LogP contribution in [0.4, 0.5) is 0 Å².